The largest absolute Gasteiger partial charge is 0.469 e. The first kappa shape index (κ1) is 8.05. The molecule has 0 radical (unpaired) electrons. The molecule has 1 rings (SSSR count). The van der Waals surface area contributed by atoms with Crippen LogP contribution in [-0.4, -0.2) is 17.9 Å². The molecule has 1 saturated carbocycles. The van der Waals surface area contributed by atoms with Gasteiger partial charge in [-0.1, -0.05) is 15.9 Å². The maximum Gasteiger partial charge on any atom is 0.308 e. The van der Waals surface area contributed by atoms with Crippen molar-refractivity contribution in [2.24, 2.45) is 5.92 Å². The third-order valence-electron chi connectivity index (χ3n) is 1.90. The first-order valence-corrected chi connectivity index (χ1v) is 4.37. The monoisotopic (exact) mass is 206 g/mol. The third kappa shape index (κ3) is 1.72. The van der Waals surface area contributed by atoms with Crippen molar-refractivity contribution in [1.29, 1.82) is 0 Å². The van der Waals surface area contributed by atoms with E-state index in [2.05, 4.69) is 20.7 Å². The molecule has 0 spiro atoms. The Balaban J connectivity index is 2.37. The van der Waals surface area contributed by atoms with Gasteiger partial charge in [-0.15, -0.1) is 0 Å². The maximum absolute atomic E-state index is 10.9. The molecule has 0 heterocycles. The van der Waals surface area contributed by atoms with Crippen LogP contribution >= 0.6 is 15.9 Å². The van der Waals surface area contributed by atoms with E-state index in [0.717, 1.165) is 19.3 Å². The summed E-state index contributed by atoms with van der Waals surface area (Å²) in [5.41, 5.74) is 0. The van der Waals surface area contributed by atoms with Gasteiger partial charge < -0.3 is 4.74 Å². The summed E-state index contributed by atoms with van der Waals surface area (Å²) >= 11 is 3.47. The first-order chi connectivity index (χ1) is 4.74. The van der Waals surface area contributed by atoms with Crippen LogP contribution in [-0.2, 0) is 9.53 Å². The number of hydrogen-bond donors (Lipinski definition) is 0. The Kier molecular flexibility index (Phi) is 2.72. The lowest BCUT2D eigenvalue weighted by atomic mass is 10.1. The standard InChI is InChI=1S/C7H11BrO2/c1-10-7(9)5-2-3-6(8)4-5/h5-6H,2-4H2,1H3/t5-,6+/m1/s1. The molecule has 1 aliphatic carbocycles. The lowest BCUT2D eigenvalue weighted by Gasteiger charge is -2.04. The Hall–Kier alpha value is -0.0500. The number of methoxy groups -OCH3 is 1. The van der Waals surface area contributed by atoms with Crippen molar-refractivity contribution >= 4 is 21.9 Å². The van der Waals surface area contributed by atoms with Crippen LogP contribution in [0.1, 0.15) is 19.3 Å². The quantitative estimate of drug-likeness (QED) is 0.483. The summed E-state index contributed by atoms with van der Waals surface area (Å²) in [6.07, 6.45) is 3.01. The Bertz CT molecular complexity index is 136. The van der Waals surface area contributed by atoms with E-state index in [9.17, 15) is 4.79 Å². The maximum atomic E-state index is 10.9. The number of halogens is 1. The van der Waals surface area contributed by atoms with Crippen LogP contribution in [0.3, 0.4) is 0 Å². The fraction of sp³-hybridized carbons (Fsp3) is 0.857. The molecule has 0 unspecified atom stereocenters. The van der Waals surface area contributed by atoms with E-state index >= 15 is 0 Å². The fourth-order valence-corrected chi connectivity index (χ4v) is 2.02. The normalized spacial score (nSPS) is 32.2. The molecule has 0 N–H and O–H groups in total. The highest BCUT2D eigenvalue weighted by atomic mass is 79.9. The molecule has 1 fully saturated rings. The van der Waals surface area contributed by atoms with Crippen molar-refractivity contribution in [2.75, 3.05) is 7.11 Å². The second-order valence-electron chi connectivity index (χ2n) is 2.63. The van der Waals surface area contributed by atoms with Gasteiger partial charge in [0.1, 0.15) is 0 Å². The van der Waals surface area contributed by atoms with Crippen molar-refractivity contribution in [3.63, 3.8) is 0 Å². The SMILES string of the molecule is COC(=O)[C@@H]1CC[C@H](Br)C1. The second kappa shape index (κ2) is 3.37. The van der Waals surface area contributed by atoms with Gasteiger partial charge in [0.15, 0.2) is 0 Å². The molecule has 10 heavy (non-hydrogen) atoms. The molecule has 0 aromatic carbocycles. The number of carbonyl (C=O) groups excluding carboxylic acids is 1. The van der Waals surface area contributed by atoms with E-state index in [1.54, 1.807) is 0 Å². The zero-order valence-electron chi connectivity index (χ0n) is 5.97. The first-order valence-electron chi connectivity index (χ1n) is 3.46. The summed E-state index contributed by atoms with van der Waals surface area (Å²) in [4.78, 5) is 11.4. The number of alkyl halides is 1. The van der Waals surface area contributed by atoms with Gasteiger partial charge in [0.05, 0.1) is 13.0 Å². The smallest absolute Gasteiger partial charge is 0.308 e. The van der Waals surface area contributed by atoms with Crippen LogP contribution in [0.25, 0.3) is 0 Å². The Labute approximate surface area is 69.1 Å². The Morgan fingerprint density at radius 3 is 2.70 bits per heavy atom. The topological polar surface area (TPSA) is 26.3 Å². The summed E-state index contributed by atoms with van der Waals surface area (Å²) in [6, 6.07) is 0. The van der Waals surface area contributed by atoms with Gasteiger partial charge in [-0.05, 0) is 19.3 Å². The van der Waals surface area contributed by atoms with Crippen molar-refractivity contribution in [2.45, 2.75) is 24.1 Å². The molecule has 0 aromatic heterocycles. The van der Waals surface area contributed by atoms with Gasteiger partial charge in [-0.2, -0.15) is 0 Å². The highest BCUT2D eigenvalue weighted by Gasteiger charge is 2.28. The molecule has 58 valence electrons. The molecular weight excluding hydrogens is 196 g/mol. The lowest BCUT2D eigenvalue weighted by Crippen LogP contribution is -2.12. The number of esters is 1. The minimum atomic E-state index is -0.0537. The van der Waals surface area contributed by atoms with Gasteiger partial charge in [-0.25, -0.2) is 0 Å². The molecule has 3 heteroatoms. The molecule has 0 aliphatic heterocycles. The predicted octanol–water partition coefficient (Wildman–Crippen LogP) is 1.72. The van der Waals surface area contributed by atoms with Gasteiger partial charge in [0, 0.05) is 4.83 Å². The molecule has 2 atom stereocenters. The van der Waals surface area contributed by atoms with Crippen LogP contribution in [0.4, 0.5) is 0 Å². The Morgan fingerprint density at radius 2 is 2.30 bits per heavy atom. The second-order valence-corrected chi connectivity index (χ2v) is 3.93. The summed E-state index contributed by atoms with van der Waals surface area (Å²) in [5, 5.41) is 0. The average Bonchev–Trinajstić information content (AvgIpc) is 2.34. The Morgan fingerprint density at radius 1 is 1.60 bits per heavy atom. The highest BCUT2D eigenvalue weighted by molar-refractivity contribution is 9.09. The van der Waals surface area contributed by atoms with Crippen LogP contribution in [0.15, 0.2) is 0 Å². The van der Waals surface area contributed by atoms with Crippen LogP contribution in [0.5, 0.6) is 0 Å². The van der Waals surface area contributed by atoms with E-state index in [1.807, 2.05) is 0 Å². The predicted molar refractivity (Wildman–Crippen MR) is 42.1 cm³/mol. The zero-order chi connectivity index (χ0) is 7.56. The van der Waals surface area contributed by atoms with Crippen LogP contribution < -0.4 is 0 Å². The molecule has 0 bridgehead atoms. The third-order valence-corrected chi connectivity index (χ3v) is 2.73. The van der Waals surface area contributed by atoms with E-state index < -0.39 is 0 Å². The van der Waals surface area contributed by atoms with Gasteiger partial charge in [0.25, 0.3) is 0 Å². The van der Waals surface area contributed by atoms with Crippen molar-refractivity contribution in [3.8, 4) is 0 Å². The number of ether oxygens (including phenoxy) is 1. The molecule has 2 nitrogen and oxygen atoms in total. The summed E-state index contributed by atoms with van der Waals surface area (Å²) in [6.45, 7) is 0. The number of carbonyl (C=O) groups is 1. The molecule has 0 amide bonds. The van der Waals surface area contributed by atoms with E-state index in [0.29, 0.717) is 4.83 Å². The number of rotatable bonds is 1. The van der Waals surface area contributed by atoms with Gasteiger partial charge in [-0.3, -0.25) is 4.79 Å². The average molecular weight is 207 g/mol. The number of hydrogen-bond acceptors (Lipinski definition) is 2. The summed E-state index contributed by atoms with van der Waals surface area (Å²) in [7, 11) is 1.45. The van der Waals surface area contributed by atoms with Crippen molar-refractivity contribution < 1.29 is 9.53 Å². The van der Waals surface area contributed by atoms with E-state index in [4.69, 9.17) is 0 Å². The van der Waals surface area contributed by atoms with Gasteiger partial charge in [0.2, 0.25) is 0 Å². The zero-order valence-corrected chi connectivity index (χ0v) is 7.56. The van der Waals surface area contributed by atoms with Crippen LogP contribution in [0, 0.1) is 5.92 Å². The highest BCUT2D eigenvalue weighted by Crippen LogP contribution is 2.31. The minimum Gasteiger partial charge on any atom is -0.469 e. The molecular formula is C7H11BrO2. The summed E-state index contributed by atoms with van der Waals surface area (Å²) in [5.74, 6) is 0.0938. The summed E-state index contributed by atoms with van der Waals surface area (Å²) < 4.78 is 4.62. The van der Waals surface area contributed by atoms with Gasteiger partial charge >= 0.3 is 5.97 Å². The van der Waals surface area contributed by atoms with Crippen molar-refractivity contribution in [3.05, 3.63) is 0 Å². The minimum absolute atomic E-state index is 0.0537. The molecule has 1 aliphatic rings. The fourth-order valence-electron chi connectivity index (χ4n) is 1.31. The molecule has 0 aromatic rings. The molecule has 0 saturated heterocycles. The van der Waals surface area contributed by atoms with E-state index in [1.165, 1.54) is 7.11 Å². The van der Waals surface area contributed by atoms with Crippen molar-refractivity contribution in [1.82, 2.24) is 0 Å². The van der Waals surface area contributed by atoms with Crippen LogP contribution in [0.2, 0.25) is 0 Å². The lowest BCUT2D eigenvalue weighted by molar-refractivity contribution is -0.145. The van der Waals surface area contributed by atoms with E-state index in [-0.39, 0.29) is 11.9 Å².